The Labute approximate surface area is 86.3 Å². The molecule has 0 aromatic heterocycles. The quantitative estimate of drug-likeness (QED) is 0.195. The first-order valence-corrected chi connectivity index (χ1v) is 5.23. The molecular weight excluding hydrogens is 198 g/mol. The van der Waals surface area contributed by atoms with Crippen LogP contribution in [0.1, 0.15) is 0 Å². The van der Waals surface area contributed by atoms with Crippen LogP contribution < -0.4 is 49.2 Å². The van der Waals surface area contributed by atoms with Gasteiger partial charge in [-0.1, -0.05) is 0 Å². The standard InChI is InChI=1S/C6H15N9/c7-1-2(8-13-7)4-6(12-15-11-4)5-3(1)9-14-10-5/h1-15H. The Morgan fingerprint density at radius 1 is 0.333 bits per heavy atom. The highest BCUT2D eigenvalue weighted by atomic mass is 15.8. The van der Waals surface area contributed by atoms with Crippen LogP contribution in [0.15, 0.2) is 0 Å². The van der Waals surface area contributed by atoms with Crippen molar-refractivity contribution in [2.45, 2.75) is 36.3 Å². The molecule has 0 amide bonds. The molecular formula is C6H15N9. The van der Waals surface area contributed by atoms with Crippen molar-refractivity contribution in [3.63, 3.8) is 0 Å². The van der Waals surface area contributed by atoms with Gasteiger partial charge in [0.25, 0.3) is 0 Å². The van der Waals surface area contributed by atoms with Crippen molar-refractivity contribution in [2.75, 3.05) is 0 Å². The highest BCUT2D eigenvalue weighted by molar-refractivity contribution is 5.17. The molecule has 1 aliphatic carbocycles. The molecule has 0 aromatic carbocycles. The highest BCUT2D eigenvalue weighted by Crippen LogP contribution is 2.24. The summed E-state index contributed by atoms with van der Waals surface area (Å²) < 4.78 is 0. The molecule has 3 aliphatic heterocycles. The van der Waals surface area contributed by atoms with Gasteiger partial charge in [-0.2, -0.15) is 16.6 Å². The van der Waals surface area contributed by atoms with E-state index in [9.17, 15) is 0 Å². The van der Waals surface area contributed by atoms with E-state index in [2.05, 4.69) is 49.2 Å². The van der Waals surface area contributed by atoms with E-state index in [4.69, 9.17) is 0 Å². The SMILES string of the molecule is N1NC2C3NNNC3C3NNNC3C2N1. The Morgan fingerprint density at radius 2 is 0.533 bits per heavy atom. The third-order valence-corrected chi connectivity index (χ3v) is 3.75. The summed E-state index contributed by atoms with van der Waals surface area (Å²) in [5, 5.41) is 0. The highest BCUT2D eigenvalue weighted by Gasteiger charge is 2.56. The molecule has 9 nitrogen and oxygen atoms in total. The molecule has 9 heteroatoms. The van der Waals surface area contributed by atoms with Crippen LogP contribution in [0.2, 0.25) is 0 Å². The molecule has 0 atom stereocenters. The van der Waals surface area contributed by atoms with Gasteiger partial charge in [0.2, 0.25) is 0 Å². The van der Waals surface area contributed by atoms with Crippen molar-refractivity contribution in [3.8, 4) is 0 Å². The number of nitrogens with one attached hydrogen (secondary N) is 9. The lowest BCUT2D eigenvalue weighted by Crippen LogP contribution is -2.70. The van der Waals surface area contributed by atoms with Crippen LogP contribution in [0.5, 0.6) is 0 Å². The van der Waals surface area contributed by atoms with Gasteiger partial charge < -0.3 is 0 Å². The van der Waals surface area contributed by atoms with E-state index in [1.165, 1.54) is 0 Å². The van der Waals surface area contributed by atoms with Crippen molar-refractivity contribution in [1.29, 1.82) is 0 Å². The monoisotopic (exact) mass is 213 g/mol. The van der Waals surface area contributed by atoms with Crippen molar-refractivity contribution in [1.82, 2.24) is 49.2 Å². The number of rotatable bonds is 0. The minimum Gasteiger partial charge on any atom is -0.238 e. The molecule has 0 spiro atoms. The van der Waals surface area contributed by atoms with Crippen LogP contribution in [0.25, 0.3) is 0 Å². The summed E-state index contributed by atoms with van der Waals surface area (Å²) >= 11 is 0. The largest absolute Gasteiger partial charge is 0.238 e. The van der Waals surface area contributed by atoms with Gasteiger partial charge in [0, 0.05) is 0 Å². The minimum atomic E-state index is 0.341. The average molecular weight is 213 g/mol. The lowest BCUT2D eigenvalue weighted by molar-refractivity contribution is 0.221. The molecule has 9 N–H and O–H groups in total. The van der Waals surface area contributed by atoms with E-state index in [0.717, 1.165) is 0 Å². The summed E-state index contributed by atoms with van der Waals surface area (Å²) in [6.07, 6.45) is 0. The average Bonchev–Trinajstić information content (AvgIpc) is 2.97. The van der Waals surface area contributed by atoms with Crippen molar-refractivity contribution >= 4 is 0 Å². The first kappa shape index (κ1) is 8.75. The number of fused-ring (bicyclic) bond motifs is 6. The van der Waals surface area contributed by atoms with Gasteiger partial charge in [0.15, 0.2) is 0 Å². The molecule has 4 rings (SSSR count). The van der Waals surface area contributed by atoms with Crippen molar-refractivity contribution < 1.29 is 0 Å². The topological polar surface area (TPSA) is 108 Å². The molecule has 4 aliphatic rings. The molecule has 0 bridgehead atoms. The number of hydrogen-bond acceptors (Lipinski definition) is 9. The normalized spacial score (nSPS) is 57.6. The summed E-state index contributed by atoms with van der Waals surface area (Å²) in [6.45, 7) is 0. The van der Waals surface area contributed by atoms with Gasteiger partial charge in [0.05, 0.1) is 36.3 Å². The second-order valence-corrected chi connectivity index (χ2v) is 4.40. The van der Waals surface area contributed by atoms with Gasteiger partial charge >= 0.3 is 0 Å². The van der Waals surface area contributed by atoms with Crippen LogP contribution in [-0.4, -0.2) is 36.3 Å². The second kappa shape index (κ2) is 3.07. The van der Waals surface area contributed by atoms with E-state index >= 15 is 0 Å². The number of hydrazine groups is 6. The Bertz CT molecular complexity index is 193. The second-order valence-electron chi connectivity index (χ2n) is 4.40. The van der Waals surface area contributed by atoms with Gasteiger partial charge in [-0.15, -0.1) is 0 Å². The predicted octanol–water partition coefficient (Wildman–Crippen LogP) is -4.95. The maximum absolute atomic E-state index is 3.24. The molecule has 3 heterocycles. The first-order chi connectivity index (χ1) is 7.45. The van der Waals surface area contributed by atoms with Crippen LogP contribution in [-0.2, 0) is 0 Å². The molecule has 84 valence electrons. The smallest absolute Gasteiger partial charge is 0.0593 e. The fourth-order valence-electron chi connectivity index (χ4n) is 3.04. The summed E-state index contributed by atoms with van der Waals surface area (Å²) in [6, 6.07) is 2.04. The fourth-order valence-corrected chi connectivity index (χ4v) is 3.04. The van der Waals surface area contributed by atoms with Gasteiger partial charge in [-0.05, 0) is 0 Å². The maximum atomic E-state index is 3.24. The van der Waals surface area contributed by atoms with E-state index in [1.807, 2.05) is 0 Å². The predicted molar refractivity (Wildman–Crippen MR) is 50.9 cm³/mol. The van der Waals surface area contributed by atoms with Gasteiger partial charge in [-0.3, -0.25) is 0 Å². The zero-order valence-electron chi connectivity index (χ0n) is 7.96. The van der Waals surface area contributed by atoms with Crippen LogP contribution in [0.4, 0.5) is 0 Å². The zero-order chi connectivity index (χ0) is 9.83. The van der Waals surface area contributed by atoms with Crippen LogP contribution in [0.3, 0.4) is 0 Å². The summed E-state index contributed by atoms with van der Waals surface area (Å²) in [5.41, 5.74) is 28.5. The van der Waals surface area contributed by atoms with E-state index in [1.54, 1.807) is 0 Å². The molecule has 0 aromatic rings. The minimum absolute atomic E-state index is 0.341. The van der Waals surface area contributed by atoms with Crippen molar-refractivity contribution in [2.24, 2.45) is 0 Å². The Kier molecular flexibility index (Phi) is 1.79. The van der Waals surface area contributed by atoms with Crippen molar-refractivity contribution in [3.05, 3.63) is 0 Å². The molecule has 0 radical (unpaired) electrons. The summed E-state index contributed by atoms with van der Waals surface area (Å²) in [7, 11) is 0. The third kappa shape index (κ3) is 1.07. The Balaban J connectivity index is 1.70. The van der Waals surface area contributed by atoms with E-state index < -0.39 is 0 Å². The van der Waals surface area contributed by atoms with Gasteiger partial charge in [-0.25, -0.2) is 32.6 Å². The lowest BCUT2D eigenvalue weighted by Gasteiger charge is -2.40. The molecule has 3 saturated heterocycles. The van der Waals surface area contributed by atoms with E-state index in [-0.39, 0.29) is 0 Å². The fraction of sp³-hybridized carbons (Fsp3) is 1.00. The molecule has 0 unspecified atom stereocenters. The summed E-state index contributed by atoms with van der Waals surface area (Å²) in [5.74, 6) is 0. The summed E-state index contributed by atoms with van der Waals surface area (Å²) in [4.78, 5) is 0. The Hall–Kier alpha value is -0.360. The maximum Gasteiger partial charge on any atom is 0.0593 e. The molecule has 4 fully saturated rings. The lowest BCUT2D eigenvalue weighted by atomic mass is 9.78. The zero-order valence-corrected chi connectivity index (χ0v) is 7.96. The third-order valence-electron chi connectivity index (χ3n) is 3.75. The van der Waals surface area contributed by atoms with Crippen LogP contribution >= 0.6 is 0 Å². The Morgan fingerprint density at radius 3 is 0.733 bits per heavy atom. The van der Waals surface area contributed by atoms with Crippen LogP contribution in [0, 0.1) is 0 Å². The van der Waals surface area contributed by atoms with E-state index in [0.29, 0.717) is 36.3 Å². The molecule has 15 heavy (non-hydrogen) atoms. The molecule has 1 saturated carbocycles. The number of hydrogen-bond donors (Lipinski definition) is 9. The first-order valence-electron chi connectivity index (χ1n) is 5.23. The van der Waals surface area contributed by atoms with Gasteiger partial charge in [0.1, 0.15) is 0 Å².